The third-order valence-corrected chi connectivity index (χ3v) is 7.43. The summed E-state index contributed by atoms with van der Waals surface area (Å²) >= 11 is 0. The van der Waals surface area contributed by atoms with E-state index in [0.717, 1.165) is 11.1 Å². The van der Waals surface area contributed by atoms with Gasteiger partial charge in [0.15, 0.2) is 0 Å². The van der Waals surface area contributed by atoms with Crippen molar-refractivity contribution >= 4 is 22.7 Å². The largest absolute Gasteiger partial charge is 0.496 e. The monoisotopic (exact) mass is 513 g/mol. The molecule has 1 saturated heterocycles. The second-order valence-corrected chi connectivity index (χ2v) is 10.1. The lowest BCUT2D eigenvalue weighted by Crippen LogP contribution is -2.18. The average Bonchev–Trinajstić information content (AvgIpc) is 3.16. The van der Waals surface area contributed by atoms with Crippen molar-refractivity contribution in [2.75, 3.05) is 14.2 Å². The number of amides is 1. The molecule has 0 bridgehead atoms. The molecular weight excluding hydrogens is 486 g/mol. The van der Waals surface area contributed by atoms with Crippen LogP contribution in [0.2, 0.25) is 0 Å². The van der Waals surface area contributed by atoms with Crippen molar-refractivity contribution in [2.45, 2.75) is 24.9 Å². The third-order valence-electron chi connectivity index (χ3n) is 5.67. The zero-order chi connectivity index (χ0) is 25.7. The van der Waals surface area contributed by atoms with Gasteiger partial charge in [0, 0.05) is 0 Å². The fraction of sp³-hybridized carbons (Fsp3) is 0.231. The molecule has 0 aliphatic carbocycles. The highest BCUT2D eigenvalue weighted by Gasteiger charge is 2.37. The molecule has 0 saturated carbocycles. The predicted octanol–water partition coefficient (Wildman–Crippen LogP) is 5.22. The smallest absolute Gasteiger partial charge is 0.345 e. The number of ether oxygens (including phenoxy) is 4. The summed E-state index contributed by atoms with van der Waals surface area (Å²) in [6, 6.07) is 19.6. The van der Waals surface area contributed by atoms with E-state index in [4.69, 9.17) is 18.9 Å². The normalized spacial score (nSPS) is 17.2. The number of esters is 1. The Morgan fingerprint density at radius 3 is 2.11 bits per heavy atom. The number of carbonyl (C=O) groups is 2. The molecule has 4 rings (SSSR count). The Labute approximate surface area is 210 Å². The Hall–Kier alpha value is -3.57. The van der Waals surface area contributed by atoms with Crippen molar-refractivity contribution in [3.63, 3.8) is 0 Å². The number of carbonyl (C=O) groups excluding carboxylic acids is 2. The number of benzene rings is 3. The fourth-order valence-electron chi connectivity index (χ4n) is 3.84. The topological polar surface area (TPSA) is 124 Å². The van der Waals surface area contributed by atoms with Crippen LogP contribution in [0.15, 0.2) is 66.7 Å². The van der Waals surface area contributed by atoms with Crippen molar-refractivity contribution in [1.82, 2.24) is 4.72 Å². The van der Waals surface area contributed by atoms with Gasteiger partial charge in [-0.05, 0) is 41.0 Å². The van der Waals surface area contributed by atoms with E-state index in [1.807, 2.05) is 24.3 Å². The standard InChI is InChI=1S/C26H27NO8S/c1-32-21-4-3-5-22(25(21)26(29)33-2)35-20-12-8-18(9-13-20)16-34-15-17-6-10-19(11-7-17)23-14-24(28)27-36(23,30)31/h3-13,23,30-31H,14-16H2,1-2H3,(H,27,28). The maximum atomic E-state index is 12.2. The van der Waals surface area contributed by atoms with E-state index in [9.17, 15) is 18.7 Å². The second kappa shape index (κ2) is 11.0. The van der Waals surface area contributed by atoms with Crippen LogP contribution in [0, 0.1) is 0 Å². The lowest BCUT2D eigenvalue weighted by Gasteiger charge is -2.32. The van der Waals surface area contributed by atoms with Gasteiger partial charge in [0.2, 0.25) is 5.91 Å². The van der Waals surface area contributed by atoms with Gasteiger partial charge >= 0.3 is 5.97 Å². The van der Waals surface area contributed by atoms with Gasteiger partial charge in [-0.1, -0.05) is 42.5 Å². The van der Waals surface area contributed by atoms with Crippen molar-refractivity contribution in [3.8, 4) is 17.2 Å². The highest BCUT2D eigenvalue weighted by Crippen LogP contribution is 2.56. The first kappa shape index (κ1) is 25.5. The number of methoxy groups -OCH3 is 2. The van der Waals surface area contributed by atoms with Crippen LogP contribution in [-0.2, 0) is 27.5 Å². The molecule has 1 aliphatic rings. The minimum Gasteiger partial charge on any atom is -0.496 e. The van der Waals surface area contributed by atoms with Gasteiger partial charge in [0.05, 0.1) is 33.9 Å². The minimum absolute atomic E-state index is 0.0553. The Bertz CT molecular complexity index is 1230. The number of hydrogen-bond acceptors (Lipinski definition) is 8. The average molecular weight is 514 g/mol. The maximum absolute atomic E-state index is 12.2. The van der Waals surface area contributed by atoms with Crippen molar-refractivity contribution in [2.24, 2.45) is 0 Å². The van der Waals surface area contributed by atoms with E-state index < -0.39 is 22.0 Å². The summed E-state index contributed by atoms with van der Waals surface area (Å²) in [6.45, 7) is 0.735. The van der Waals surface area contributed by atoms with Crippen LogP contribution in [0.5, 0.6) is 17.2 Å². The first-order chi connectivity index (χ1) is 17.3. The first-order valence-corrected chi connectivity index (χ1v) is 12.7. The second-order valence-electron chi connectivity index (χ2n) is 8.12. The van der Waals surface area contributed by atoms with E-state index in [2.05, 4.69) is 4.72 Å². The van der Waals surface area contributed by atoms with E-state index in [1.54, 1.807) is 42.5 Å². The SMILES string of the molecule is COC(=O)c1c(OC)cccc1Oc1ccc(COCc2ccc(C3CC(=O)NS3(O)O)cc2)cc1. The molecule has 3 N–H and O–H groups in total. The van der Waals surface area contributed by atoms with Gasteiger partial charge in [-0.25, -0.2) is 4.79 Å². The fourth-order valence-corrected chi connectivity index (χ4v) is 5.32. The van der Waals surface area contributed by atoms with Gasteiger partial charge in [-0.2, -0.15) is 0 Å². The van der Waals surface area contributed by atoms with Gasteiger partial charge in [-0.3, -0.25) is 18.6 Å². The molecule has 1 aliphatic heterocycles. The number of hydrogen-bond donors (Lipinski definition) is 3. The van der Waals surface area contributed by atoms with E-state index in [0.29, 0.717) is 36.0 Å². The summed E-state index contributed by atoms with van der Waals surface area (Å²) < 4.78 is 44.1. The van der Waals surface area contributed by atoms with Crippen molar-refractivity contribution in [3.05, 3.63) is 89.0 Å². The predicted molar refractivity (Wildman–Crippen MR) is 134 cm³/mol. The first-order valence-electron chi connectivity index (χ1n) is 11.1. The molecule has 1 atom stereocenters. The molecule has 1 fully saturated rings. The van der Waals surface area contributed by atoms with Crippen LogP contribution in [-0.4, -0.2) is 35.2 Å². The highest BCUT2D eigenvalue weighted by atomic mass is 32.3. The van der Waals surface area contributed by atoms with Gasteiger partial charge < -0.3 is 18.9 Å². The minimum atomic E-state index is -3.16. The molecular formula is C26H27NO8S. The third kappa shape index (κ3) is 5.80. The molecule has 0 aromatic heterocycles. The molecule has 9 nitrogen and oxygen atoms in total. The summed E-state index contributed by atoms with van der Waals surface area (Å²) in [5.74, 6) is 0.309. The molecule has 1 heterocycles. The number of rotatable bonds is 9. The van der Waals surface area contributed by atoms with Crippen molar-refractivity contribution in [1.29, 1.82) is 0 Å². The molecule has 10 heteroatoms. The zero-order valence-corrected chi connectivity index (χ0v) is 20.6. The Morgan fingerprint density at radius 1 is 0.944 bits per heavy atom. The zero-order valence-electron chi connectivity index (χ0n) is 19.8. The molecule has 1 amide bonds. The van der Waals surface area contributed by atoms with Gasteiger partial charge in [-0.15, -0.1) is 10.8 Å². The van der Waals surface area contributed by atoms with Crippen LogP contribution < -0.4 is 14.2 Å². The van der Waals surface area contributed by atoms with Gasteiger partial charge in [0.1, 0.15) is 28.1 Å². The van der Waals surface area contributed by atoms with E-state index in [-0.39, 0.29) is 17.9 Å². The van der Waals surface area contributed by atoms with E-state index >= 15 is 0 Å². The molecule has 36 heavy (non-hydrogen) atoms. The lowest BCUT2D eigenvalue weighted by atomic mass is 10.1. The maximum Gasteiger partial charge on any atom is 0.345 e. The molecule has 1 unspecified atom stereocenters. The van der Waals surface area contributed by atoms with E-state index in [1.165, 1.54) is 14.2 Å². The van der Waals surface area contributed by atoms with Gasteiger partial charge in [0.25, 0.3) is 0 Å². The Morgan fingerprint density at radius 2 is 1.56 bits per heavy atom. The van der Waals surface area contributed by atoms with Crippen LogP contribution in [0.25, 0.3) is 0 Å². The Kier molecular flexibility index (Phi) is 7.80. The Balaban J connectivity index is 1.33. The molecule has 3 aromatic carbocycles. The van der Waals surface area contributed by atoms with Crippen molar-refractivity contribution < 1.29 is 37.6 Å². The lowest BCUT2D eigenvalue weighted by molar-refractivity contribution is -0.118. The van der Waals surface area contributed by atoms with Crippen LogP contribution >= 0.6 is 10.8 Å². The molecule has 0 spiro atoms. The molecule has 190 valence electrons. The summed E-state index contributed by atoms with van der Waals surface area (Å²) in [4.78, 5) is 23.7. The quantitative estimate of drug-likeness (QED) is 0.333. The van der Waals surface area contributed by atoms with Crippen LogP contribution in [0.3, 0.4) is 0 Å². The highest BCUT2D eigenvalue weighted by molar-refractivity contribution is 8.23. The van der Waals surface area contributed by atoms with Crippen LogP contribution in [0.1, 0.15) is 38.7 Å². The molecule has 3 aromatic rings. The summed E-state index contributed by atoms with van der Waals surface area (Å²) in [7, 11) is -0.391. The summed E-state index contributed by atoms with van der Waals surface area (Å²) in [5.41, 5.74) is 2.75. The number of nitrogens with one attached hydrogen (secondary N) is 1. The summed E-state index contributed by atoms with van der Waals surface area (Å²) in [5, 5.41) is -0.638. The molecule has 0 radical (unpaired) electrons. The summed E-state index contributed by atoms with van der Waals surface area (Å²) in [6.07, 6.45) is 0.0553. The van der Waals surface area contributed by atoms with Crippen LogP contribution in [0.4, 0.5) is 0 Å².